The number of aryl methyl sites for hydroxylation is 1. The molecule has 21 heavy (non-hydrogen) atoms. The van der Waals surface area contributed by atoms with Crippen LogP contribution in [0.3, 0.4) is 0 Å². The van der Waals surface area contributed by atoms with Crippen LogP contribution >= 0.6 is 0 Å². The van der Waals surface area contributed by atoms with Crippen LogP contribution in [0.1, 0.15) is 33.2 Å². The van der Waals surface area contributed by atoms with Gasteiger partial charge in [-0.3, -0.25) is 9.59 Å². The van der Waals surface area contributed by atoms with Gasteiger partial charge in [0.2, 0.25) is 0 Å². The van der Waals surface area contributed by atoms with Crippen molar-refractivity contribution in [2.75, 3.05) is 26.9 Å². The van der Waals surface area contributed by atoms with Gasteiger partial charge in [0.1, 0.15) is 12.0 Å². The average Bonchev–Trinajstić information content (AvgIpc) is 2.54. The Hall–Kier alpha value is -1.76. The minimum absolute atomic E-state index is 0.181. The molecule has 0 atom stereocenters. The molecule has 1 rings (SSSR count). The fourth-order valence-corrected chi connectivity index (χ4v) is 1.26. The van der Waals surface area contributed by atoms with Crippen LogP contribution in [0.5, 0.6) is 5.75 Å². The van der Waals surface area contributed by atoms with Crippen LogP contribution in [-0.2, 0) is 0 Å². The number of carbonyl (C=O) groups is 2. The Labute approximate surface area is 124 Å². The normalized spacial score (nSPS) is 10.4. The maximum atomic E-state index is 10.6. The van der Waals surface area contributed by atoms with Crippen LogP contribution in [0.15, 0.2) is 12.1 Å². The van der Waals surface area contributed by atoms with Gasteiger partial charge in [-0.15, -0.1) is 0 Å². The second-order valence-corrected chi connectivity index (χ2v) is 4.97. The van der Waals surface area contributed by atoms with Crippen LogP contribution in [0.25, 0.3) is 0 Å². The summed E-state index contributed by atoms with van der Waals surface area (Å²) in [5.74, 6) is 0.498. The topological polar surface area (TPSA) is 104 Å². The zero-order chi connectivity index (χ0) is 16.5. The second kappa shape index (κ2) is 9.23. The Morgan fingerprint density at radius 2 is 1.52 bits per heavy atom. The Morgan fingerprint density at radius 1 is 1.05 bits per heavy atom. The van der Waals surface area contributed by atoms with E-state index in [1.54, 1.807) is 19.9 Å². The van der Waals surface area contributed by atoms with Crippen molar-refractivity contribution in [2.45, 2.75) is 13.8 Å². The molecule has 0 saturated heterocycles. The molecule has 0 amide bonds. The van der Waals surface area contributed by atoms with E-state index < -0.39 is 5.41 Å². The predicted octanol–water partition coefficient (Wildman–Crippen LogP) is 0.598. The monoisotopic (exact) mass is 298 g/mol. The summed E-state index contributed by atoms with van der Waals surface area (Å²) in [6.45, 7) is 2.85. The lowest BCUT2D eigenvalue weighted by Crippen LogP contribution is -2.29. The molecule has 6 nitrogen and oxygen atoms in total. The number of aldehydes is 2. The molecule has 0 aliphatic carbocycles. The Bertz CT molecular complexity index is 457. The number of hydrogen-bond donors (Lipinski definition) is 3. The summed E-state index contributed by atoms with van der Waals surface area (Å²) in [4.78, 5) is 21.1. The Morgan fingerprint density at radius 3 is 1.81 bits per heavy atom. The summed E-state index contributed by atoms with van der Waals surface area (Å²) in [6, 6.07) is 3.20. The number of aliphatic hydroxyl groups excluding tert-OH is 3. The minimum atomic E-state index is -0.708. The molecule has 6 heteroatoms. The van der Waals surface area contributed by atoms with Crippen molar-refractivity contribution >= 4 is 12.6 Å². The van der Waals surface area contributed by atoms with E-state index in [1.807, 2.05) is 0 Å². The van der Waals surface area contributed by atoms with Crippen LogP contribution in [0.2, 0.25) is 0 Å². The van der Waals surface area contributed by atoms with Crippen LogP contribution < -0.4 is 4.74 Å². The quantitative estimate of drug-likeness (QED) is 0.664. The standard InChI is InChI=1S/C10H10O3.C5H12O3/c1-7-3-10(13-2)9(6-12)4-8(7)5-11;1-5(2-6,3-7)4-8/h3-6H,1-2H3;6-8H,2-4H2,1H3. The van der Waals surface area contributed by atoms with Crippen molar-refractivity contribution in [3.05, 3.63) is 28.8 Å². The summed E-state index contributed by atoms with van der Waals surface area (Å²) >= 11 is 0. The van der Waals surface area contributed by atoms with Gasteiger partial charge < -0.3 is 20.1 Å². The van der Waals surface area contributed by atoms with E-state index in [4.69, 9.17) is 20.1 Å². The molecule has 0 aromatic heterocycles. The Balaban J connectivity index is 0.000000433. The van der Waals surface area contributed by atoms with Gasteiger partial charge >= 0.3 is 0 Å². The van der Waals surface area contributed by atoms with E-state index in [9.17, 15) is 9.59 Å². The third kappa shape index (κ3) is 5.63. The maximum Gasteiger partial charge on any atom is 0.153 e. The largest absolute Gasteiger partial charge is 0.496 e. The van der Waals surface area contributed by atoms with Gasteiger partial charge in [-0.25, -0.2) is 0 Å². The highest BCUT2D eigenvalue weighted by Gasteiger charge is 2.20. The van der Waals surface area contributed by atoms with E-state index in [-0.39, 0.29) is 19.8 Å². The number of carbonyl (C=O) groups excluding carboxylic acids is 2. The summed E-state index contributed by atoms with van der Waals surface area (Å²) in [6.07, 6.45) is 1.40. The third-order valence-electron chi connectivity index (χ3n) is 3.02. The van der Waals surface area contributed by atoms with Gasteiger partial charge in [0.25, 0.3) is 0 Å². The lowest BCUT2D eigenvalue weighted by atomic mass is 9.95. The van der Waals surface area contributed by atoms with Crippen molar-refractivity contribution in [3.8, 4) is 5.75 Å². The Kier molecular flexibility index (Phi) is 8.45. The molecule has 118 valence electrons. The van der Waals surface area contributed by atoms with Crippen molar-refractivity contribution in [1.29, 1.82) is 0 Å². The molecule has 0 heterocycles. The summed E-state index contributed by atoms with van der Waals surface area (Å²) < 4.78 is 4.97. The number of hydrogen-bond acceptors (Lipinski definition) is 6. The second-order valence-electron chi connectivity index (χ2n) is 4.97. The number of aliphatic hydroxyl groups is 3. The van der Waals surface area contributed by atoms with Crippen LogP contribution in [0.4, 0.5) is 0 Å². The molecule has 0 bridgehead atoms. The lowest BCUT2D eigenvalue weighted by molar-refractivity contribution is 0.0200. The molecule has 0 unspecified atom stereocenters. The van der Waals surface area contributed by atoms with E-state index in [0.29, 0.717) is 23.2 Å². The molecule has 0 saturated carbocycles. The molecule has 0 aliphatic rings. The van der Waals surface area contributed by atoms with E-state index in [0.717, 1.165) is 11.8 Å². The van der Waals surface area contributed by atoms with Gasteiger partial charge in [-0.2, -0.15) is 0 Å². The van der Waals surface area contributed by atoms with Crippen molar-refractivity contribution in [1.82, 2.24) is 0 Å². The molecule has 0 aliphatic heterocycles. The van der Waals surface area contributed by atoms with Crippen molar-refractivity contribution in [2.24, 2.45) is 5.41 Å². The summed E-state index contributed by atoms with van der Waals surface area (Å²) in [7, 11) is 1.49. The van der Waals surface area contributed by atoms with Gasteiger partial charge in [0, 0.05) is 11.0 Å². The first-order chi connectivity index (χ1) is 9.91. The predicted molar refractivity (Wildman–Crippen MR) is 77.9 cm³/mol. The minimum Gasteiger partial charge on any atom is -0.496 e. The average molecular weight is 298 g/mol. The highest BCUT2D eigenvalue weighted by Crippen LogP contribution is 2.20. The molecule has 0 fully saturated rings. The molecule has 0 radical (unpaired) electrons. The fourth-order valence-electron chi connectivity index (χ4n) is 1.26. The first-order valence-electron chi connectivity index (χ1n) is 6.33. The summed E-state index contributed by atoms with van der Waals surface area (Å²) in [5, 5.41) is 25.4. The molecular weight excluding hydrogens is 276 g/mol. The first-order valence-corrected chi connectivity index (χ1v) is 6.33. The number of ether oxygens (including phenoxy) is 1. The molecule has 1 aromatic carbocycles. The highest BCUT2D eigenvalue weighted by molar-refractivity contribution is 5.86. The van der Waals surface area contributed by atoms with Crippen LogP contribution in [-0.4, -0.2) is 54.8 Å². The molecule has 1 aromatic rings. The third-order valence-corrected chi connectivity index (χ3v) is 3.02. The molecule has 0 spiro atoms. The number of methoxy groups -OCH3 is 1. The van der Waals surface area contributed by atoms with Gasteiger partial charge in [-0.1, -0.05) is 6.92 Å². The van der Waals surface area contributed by atoms with Crippen LogP contribution in [0, 0.1) is 12.3 Å². The zero-order valence-corrected chi connectivity index (χ0v) is 12.5. The van der Waals surface area contributed by atoms with E-state index in [2.05, 4.69) is 0 Å². The zero-order valence-electron chi connectivity index (χ0n) is 12.5. The maximum absolute atomic E-state index is 10.6. The van der Waals surface area contributed by atoms with E-state index in [1.165, 1.54) is 13.2 Å². The van der Waals surface area contributed by atoms with Gasteiger partial charge in [0.15, 0.2) is 6.29 Å². The first kappa shape index (κ1) is 19.2. The van der Waals surface area contributed by atoms with Gasteiger partial charge in [0.05, 0.1) is 32.5 Å². The molecule has 3 N–H and O–H groups in total. The van der Waals surface area contributed by atoms with E-state index >= 15 is 0 Å². The lowest BCUT2D eigenvalue weighted by Gasteiger charge is -2.20. The van der Waals surface area contributed by atoms with Crippen molar-refractivity contribution in [3.63, 3.8) is 0 Å². The highest BCUT2D eigenvalue weighted by atomic mass is 16.5. The number of rotatable bonds is 6. The fraction of sp³-hybridized carbons (Fsp3) is 0.467. The summed E-state index contributed by atoms with van der Waals surface area (Å²) in [5.41, 5.74) is 1.01. The van der Waals surface area contributed by atoms with Gasteiger partial charge in [-0.05, 0) is 24.6 Å². The number of benzene rings is 1. The SMILES string of the molecule is CC(CO)(CO)CO.COc1cc(C)c(C=O)cc1C=O. The van der Waals surface area contributed by atoms with Crippen molar-refractivity contribution < 1.29 is 29.6 Å². The molecular formula is C15H22O6. The smallest absolute Gasteiger partial charge is 0.153 e.